The lowest BCUT2D eigenvalue weighted by atomic mass is 9.84. The van der Waals surface area contributed by atoms with Gasteiger partial charge in [0.15, 0.2) is 0 Å². The van der Waals surface area contributed by atoms with Gasteiger partial charge in [-0.2, -0.15) is 0 Å². The third-order valence-electron chi connectivity index (χ3n) is 2.65. The van der Waals surface area contributed by atoms with Gasteiger partial charge >= 0.3 is 5.97 Å². The Balaban J connectivity index is 2.30. The number of carbonyl (C=O) groups is 1. The van der Waals surface area contributed by atoms with E-state index in [0.29, 0.717) is 18.4 Å². The third-order valence-corrected chi connectivity index (χ3v) is 2.65. The number of aliphatic carboxylic acids is 1. The minimum Gasteiger partial charge on any atom is -0.481 e. The molecule has 0 aliphatic heterocycles. The Bertz CT molecular complexity index is 159. The molecule has 12 heavy (non-hydrogen) atoms. The van der Waals surface area contributed by atoms with E-state index in [4.69, 9.17) is 5.11 Å². The lowest BCUT2D eigenvalue weighted by molar-refractivity contribution is -0.138. The first kappa shape index (κ1) is 9.52. The molecule has 70 valence electrons. The first-order chi connectivity index (χ1) is 5.72. The van der Waals surface area contributed by atoms with Crippen molar-refractivity contribution >= 4 is 5.97 Å². The molecule has 2 N–H and O–H groups in total. The van der Waals surface area contributed by atoms with Gasteiger partial charge in [-0.15, -0.1) is 0 Å². The average Bonchev–Trinajstić information content (AvgIpc) is 2.03. The lowest BCUT2D eigenvalue weighted by Gasteiger charge is -2.27. The molecule has 1 aliphatic rings. The van der Waals surface area contributed by atoms with Gasteiger partial charge in [0.1, 0.15) is 0 Å². The van der Waals surface area contributed by atoms with Crippen molar-refractivity contribution in [1.82, 2.24) is 5.32 Å². The molecule has 0 aromatic rings. The molecule has 0 amide bonds. The van der Waals surface area contributed by atoms with Gasteiger partial charge < -0.3 is 10.4 Å². The van der Waals surface area contributed by atoms with E-state index in [2.05, 4.69) is 5.32 Å². The van der Waals surface area contributed by atoms with E-state index in [1.807, 2.05) is 7.05 Å². The predicted molar refractivity (Wildman–Crippen MR) is 47.1 cm³/mol. The zero-order chi connectivity index (χ0) is 8.97. The summed E-state index contributed by atoms with van der Waals surface area (Å²) >= 11 is 0. The van der Waals surface area contributed by atoms with Crippen molar-refractivity contribution in [1.29, 1.82) is 0 Å². The van der Waals surface area contributed by atoms with Gasteiger partial charge in [-0.25, -0.2) is 0 Å². The van der Waals surface area contributed by atoms with Crippen molar-refractivity contribution < 1.29 is 9.90 Å². The standard InChI is InChI=1S/C9H17NO2/c1-10-8-4-2-3-7(5-8)6-9(11)12/h7-8,10H,2-6H2,1H3,(H,11,12). The topological polar surface area (TPSA) is 49.3 Å². The van der Waals surface area contributed by atoms with Crippen LogP contribution in [-0.4, -0.2) is 24.2 Å². The van der Waals surface area contributed by atoms with Crippen LogP contribution < -0.4 is 5.32 Å². The molecular formula is C9H17NO2. The number of hydrogen-bond acceptors (Lipinski definition) is 2. The van der Waals surface area contributed by atoms with Crippen LogP contribution in [-0.2, 0) is 4.79 Å². The van der Waals surface area contributed by atoms with Crippen LogP contribution >= 0.6 is 0 Å². The van der Waals surface area contributed by atoms with Crippen LogP contribution in [0.3, 0.4) is 0 Å². The Morgan fingerprint density at radius 2 is 2.33 bits per heavy atom. The molecule has 2 atom stereocenters. The monoisotopic (exact) mass is 171 g/mol. The van der Waals surface area contributed by atoms with Crippen molar-refractivity contribution in [2.75, 3.05) is 7.05 Å². The normalized spacial score (nSPS) is 30.1. The number of rotatable bonds is 3. The van der Waals surface area contributed by atoms with E-state index in [1.165, 1.54) is 12.8 Å². The molecule has 1 aliphatic carbocycles. The van der Waals surface area contributed by atoms with Gasteiger partial charge in [0.25, 0.3) is 0 Å². The Morgan fingerprint density at radius 1 is 1.58 bits per heavy atom. The summed E-state index contributed by atoms with van der Waals surface area (Å²) in [6.45, 7) is 0. The smallest absolute Gasteiger partial charge is 0.303 e. The van der Waals surface area contributed by atoms with Gasteiger partial charge in [0.2, 0.25) is 0 Å². The molecule has 2 unspecified atom stereocenters. The van der Waals surface area contributed by atoms with E-state index in [1.54, 1.807) is 0 Å². The van der Waals surface area contributed by atoms with Crippen LogP contribution in [0.2, 0.25) is 0 Å². The maximum Gasteiger partial charge on any atom is 0.303 e. The maximum absolute atomic E-state index is 10.4. The van der Waals surface area contributed by atoms with Crippen molar-refractivity contribution in [3.05, 3.63) is 0 Å². The largest absolute Gasteiger partial charge is 0.481 e. The van der Waals surface area contributed by atoms with Crippen LogP contribution in [0.1, 0.15) is 32.1 Å². The van der Waals surface area contributed by atoms with Crippen LogP contribution in [0.25, 0.3) is 0 Å². The Hall–Kier alpha value is -0.570. The number of carboxylic acids is 1. The average molecular weight is 171 g/mol. The summed E-state index contributed by atoms with van der Waals surface area (Å²) in [5.41, 5.74) is 0. The molecule has 1 fully saturated rings. The summed E-state index contributed by atoms with van der Waals surface area (Å²) in [5, 5.41) is 11.8. The fraction of sp³-hybridized carbons (Fsp3) is 0.889. The molecule has 3 nitrogen and oxygen atoms in total. The quantitative estimate of drug-likeness (QED) is 0.671. The van der Waals surface area contributed by atoms with Crippen molar-refractivity contribution in [3.8, 4) is 0 Å². The molecule has 0 bridgehead atoms. The summed E-state index contributed by atoms with van der Waals surface area (Å²) in [6.07, 6.45) is 4.83. The molecule has 0 heterocycles. The number of hydrogen-bond donors (Lipinski definition) is 2. The fourth-order valence-electron chi connectivity index (χ4n) is 1.99. The lowest BCUT2D eigenvalue weighted by Crippen LogP contribution is -2.31. The minimum absolute atomic E-state index is 0.345. The van der Waals surface area contributed by atoms with Gasteiger partial charge in [-0.3, -0.25) is 4.79 Å². The second-order valence-electron chi connectivity index (χ2n) is 3.62. The highest BCUT2D eigenvalue weighted by Crippen LogP contribution is 2.26. The zero-order valence-corrected chi connectivity index (χ0v) is 7.55. The van der Waals surface area contributed by atoms with Gasteiger partial charge in [-0.1, -0.05) is 6.42 Å². The Labute approximate surface area is 73.2 Å². The Morgan fingerprint density at radius 3 is 2.92 bits per heavy atom. The minimum atomic E-state index is -0.656. The molecule has 0 radical (unpaired) electrons. The van der Waals surface area contributed by atoms with Crippen LogP contribution in [0.15, 0.2) is 0 Å². The predicted octanol–water partition coefficient (Wildman–Crippen LogP) is 1.24. The molecule has 1 rings (SSSR count). The van der Waals surface area contributed by atoms with Gasteiger partial charge in [0.05, 0.1) is 0 Å². The van der Waals surface area contributed by atoms with E-state index >= 15 is 0 Å². The summed E-state index contributed by atoms with van der Waals surface area (Å²) < 4.78 is 0. The number of carboxylic acid groups (broad SMARTS) is 1. The molecule has 3 heteroatoms. The first-order valence-electron chi connectivity index (χ1n) is 4.61. The fourth-order valence-corrected chi connectivity index (χ4v) is 1.99. The Kier molecular flexibility index (Phi) is 3.53. The third kappa shape index (κ3) is 2.81. The highest BCUT2D eigenvalue weighted by Gasteiger charge is 2.22. The van der Waals surface area contributed by atoms with E-state index < -0.39 is 5.97 Å². The summed E-state index contributed by atoms with van der Waals surface area (Å²) in [4.78, 5) is 10.4. The first-order valence-corrected chi connectivity index (χ1v) is 4.61. The van der Waals surface area contributed by atoms with Gasteiger partial charge in [0, 0.05) is 12.5 Å². The molecule has 0 saturated heterocycles. The second-order valence-corrected chi connectivity index (χ2v) is 3.62. The molecule has 0 spiro atoms. The van der Waals surface area contributed by atoms with E-state index in [0.717, 1.165) is 12.8 Å². The van der Waals surface area contributed by atoms with Crippen LogP contribution in [0, 0.1) is 5.92 Å². The highest BCUT2D eigenvalue weighted by molar-refractivity contribution is 5.67. The summed E-state index contributed by atoms with van der Waals surface area (Å²) in [5.74, 6) is -0.259. The molecular weight excluding hydrogens is 154 g/mol. The second kappa shape index (κ2) is 4.45. The van der Waals surface area contributed by atoms with E-state index in [9.17, 15) is 4.79 Å². The molecule has 0 aromatic carbocycles. The van der Waals surface area contributed by atoms with Crippen molar-refractivity contribution in [3.63, 3.8) is 0 Å². The number of nitrogens with one attached hydrogen (secondary N) is 1. The maximum atomic E-state index is 10.4. The SMILES string of the molecule is CNC1CCCC(CC(=O)O)C1. The van der Waals surface area contributed by atoms with Crippen LogP contribution in [0.5, 0.6) is 0 Å². The summed E-state index contributed by atoms with van der Waals surface area (Å²) in [7, 11) is 1.95. The molecule has 1 saturated carbocycles. The molecule has 0 aromatic heterocycles. The highest BCUT2D eigenvalue weighted by atomic mass is 16.4. The van der Waals surface area contributed by atoms with E-state index in [-0.39, 0.29) is 0 Å². The van der Waals surface area contributed by atoms with Crippen LogP contribution in [0.4, 0.5) is 0 Å². The zero-order valence-electron chi connectivity index (χ0n) is 7.55. The summed E-state index contributed by atoms with van der Waals surface area (Å²) in [6, 6.07) is 0.545. The van der Waals surface area contributed by atoms with Crippen molar-refractivity contribution in [2.45, 2.75) is 38.1 Å². The van der Waals surface area contributed by atoms with Crippen molar-refractivity contribution in [2.24, 2.45) is 5.92 Å². The van der Waals surface area contributed by atoms with Gasteiger partial charge in [-0.05, 0) is 32.2 Å².